The van der Waals surface area contributed by atoms with Crippen LogP contribution in [0.25, 0.3) is 0 Å². The molecule has 218 valence electrons. The number of aromatic nitrogens is 3. The number of amides is 2. The lowest BCUT2D eigenvalue weighted by Gasteiger charge is -2.41. The summed E-state index contributed by atoms with van der Waals surface area (Å²) in [5, 5.41) is 10.1. The fourth-order valence-electron chi connectivity index (χ4n) is 4.56. The Morgan fingerprint density at radius 2 is 1.93 bits per heavy atom. The lowest BCUT2D eigenvalue weighted by atomic mass is 10.1. The summed E-state index contributed by atoms with van der Waals surface area (Å²) in [7, 11) is 0. The lowest BCUT2D eigenvalue weighted by molar-refractivity contribution is -0.138. The van der Waals surface area contributed by atoms with Crippen LogP contribution in [0.5, 0.6) is 0 Å². The first-order valence-electron chi connectivity index (χ1n) is 12.1. The zero-order valence-corrected chi connectivity index (χ0v) is 21.0. The van der Waals surface area contributed by atoms with Gasteiger partial charge in [0.1, 0.15) is 5.56 Å². The van der Waals surface area contributed by atoms with Crippen molar-refractivity contribution in [2.75, 3.05) is 48.4 Å². The maximum absolute atomic E-state index is 13.2. The molecule has 1 fully saturated rings. The number of nitrogens with zero attached hydrogens (tertiary/aromatic N) is 4. The molecule has 0 bridgehead atoms. The number of ether oxygens (including phenoxy) is 1. The molecule has 2 aromatic rings. The predicted octanol–water partition coefficient (Wildman–Crippen LogP) is 2.47. The molecule has 17 heteroatoms. The van der Waals surface area contributed by atoms with Crippen molar-refractivity contribution in [1.29, 1.82) is 0 Å². The van der Waals surface area contributed by atoms with Gasteiger partial charge in [0, 0.05) is 38.3 Å². The number of rotatable bonds is 7. The van der Waals surface area contributed by atoms with Crippen molar-refractivity contribution in [2.45, 2.75) is 44.2 Å². The van der Waals surface area contributed by atoms with E-state index in [0.29, 0.717) is 6.20 Å². The number of anilines is 3. The Morgan fingerprint density at radius 3 is 2.62 bits per heavy atom. The first-order valence-corrected chi connectivity index (χ1v) is 12.1. The summed E-state index contributed by atoms with van der Waals surface area (Å²) in [5.74, 6) is -0.591. The summed E-state index contributed by atoms with van der Waals surface area (Å²) in [5.41, 5.74) is -4.32. The van der Waals surface area contributed by atoms with Crippen LogP contribution in [0.2, 0.25) is 0 Å². The smallest absolute Gasteiger partial charge is 0.379 e. The van der Waals surface area contributed by atoms with E-state index in [0.717, 1.165) is 12.3 Å². The number of aromatic amines is 1. The highest BCUT2D eigenvalue weighted by molar-refractivity contribution is 5.96. The van der Waals surface area contributed by atoms with Crippen molar-refractivity contribution in [2.24, 2.45) is 0 Å². The minimum Gasteiger partial charge on any atom is -0.379 e. The molecule has 3 N–H and O–H groups in total. The highest BCUT2D eigenvalue weighted by Crippen LogP contribution is 2.37. The van der Waals surface area contributed by atoms with Gasteiger partial charge < -0.3 is 25.2 Å². The van der Waals surface area contributed by atoms with E-state index in [4.69, 9.17) is 4.74 Å². The zero-order valence-electron chi connectivity index (χ0n) is 21.0. The van der Waals surface area contributed by atoms with E-state index in [1.165, 1.54) is 11.8 Å². The average Bonchev–Trinajstić information content (AvgIpc) is 2.99. The maximum atomic E-state index is 13.2. The molecule has 0 spiro atoms. The van der Waals surface area contributed by atoms with Gasteiger partial charge in [-0.2, -0.15) is 31.4 Å². The summed E-state index contributed by atoms with van der Waals surface area (Å²) in [6, 6.07) is -0.319. The zero-order chi connectivity index (χ0) is 29.2. The molecule has 4 rings (SSSR count). The van der Waals surface area contributed by atoms with E-state index in [2.05, 4.69) is 20.7 Å². The molecule has 40 heavy (non-hydrogen) atoms. The molecule has 0 radical (unpaired) electrons. The van der Waals surface area contributed by atoms with Gasteiger partial charge in [0.2, 0.25) is 11.8 Å². The third-order valence-electron chi connectivity index (χ3n) is 6.37. The van der Waals surface area contributed by atoms with Crippen molar-refractivity contribution in [1.82, 2.24) is 20.1 Å². The third-order valence-corrected chi connectivity index (χ3v) is 6.37. The van der Waals surface area contributed by atoms with Gasteiger partial charge in [-0.25, -0.2) is 10.1 Å². The third kappa shape index (κ3) is 6.63. The number of hydrogen-bond donors (Lipinski definition) is 3. The molecular weight excluding hydrogens is 552 g/mol. The van der Waals surface area contributed by atoms with Crippen LogP contribution in [0.15, 0.2) is 23.3 Å². The number of pyridine rings is 1. The minimum absolute atomic E-state index is 0.0411. The number of piperazine rings is 1. The molecule has 4 heterocycles. The van der Waals surface area contributed by atoms with Crippen molar-refractivity contribution in [3.63, 3.8) is 0 Å². The summed E-state index contributed by atoms with van der Waals surface area (Å²) in [6.07, 6.45) is -8.06. The Bertz CT molecular complexity index is 1320. The van der Waals surface area contributed by atoms with Crippen molar-refractivity contribution >= 4 is 29.0 Å². The second kappa shape index (κ2) is 11.3. The Labute approximate surface area is 222 Å². The fraction of sp³-hybridized carbons (Fsp3) is 0.522. The Hall–Kier alpha value is -3.89. The first-order chi connectivity index (χ1) is 18.7. The fourth-order valence-corrected chi connectivity index (χ4v) is 4.56. The van der Waals surface area contributed by atoms with Crippen LogP contribution < -0.4 is 21.1 Å². The number of carbonyl (C=O) groups excluding carboxylic acids is 2. The van der Waals surface area contributed by atoms with Gasteiger partial charge in [-0.05, 0) is 13.0 Å². The van der Waals surface area contributed by atoms with Crippen LogP contribution in [0, 0.1) is 0 Å². The number of carbonyl (C=O) groups is 2. The molecule has 0 aromatic carbocycles. The van der Waals surface area contributed by atoms with Gasteiger partial charge in [0.15, 0.2) is 5.82 Å². The van der Waals surface area contributed by atoms with E-state index < -0.39 is 52.7 Å². The Morgan fingerprint density at radius 1 is 1.18 bits per heavy atom. The second-order valence-corrected chi connectivity index (χ2v) is 9.39. The molecule has 2 atom stereocenters. The van der Waals surface area contributed by atoms with Crippen LogP contribution in [-0.2, 0) is 26.7 Å². The molecule has 0 saturated carbocycles. The number of nitrogens with one attached hydrogen (secondary N) is 3. The topological polar surface area (TPSA) is 133 Å². The summed E-state index contributed by atoms with van der Waals surface area (Å²) in [4.78, 5) is 43.9. The SMILES string of the molecule is C[C@@H](COCCC(=O)N1CCN2c3ncc(C(F)(F)F)cc3NC(=O)C[C@H]2C1)Nc1cn[nH]c(=O)c1C(F)(F)F. The molecule has 2 amide bonds. The van der Waals surface area contributed by atoms with Crippen LogP contribution in [-0.4, -0.2) is 76.8 Å². The summed E-state index contributed by atoms with van der Waals surface area (Å²) in [6.45, 7) is 2.03. The van der Waals surface area contributed by atoms with Gasteiger partial charge in [-0.3, -0.25) is 14.4 Å². The minimum atomic E-state index is -4.89. The van der Waals surface area contributed by atoms with Crippen LogP contribution in [0.3, 0.4) is 0 Å². The normalized spacial score (nSPS) is 18.4. The monoisotopic (exact) mass is 577 g/mol. The number of H-pyrrole nitrogens is 1. The molecule has 0 aliphatic carbocycles. The Kier molecular flexibility index (Phi) is 8.23. The molecule has 1 saturated heterocycles. The van der Waals surface area contributed by atoms with E-state index >= 15 is 0 Å². The van der Waals surface area contributed by atoms with Crippen molar-refractivity contribution in [3.05, 3.63) is 39.9 Å². The molecule has 2 aromatic heterocycles. The van der Waals surface area contributed by atoms with Gasteiger partial charge in [0.25, 0.3) is 5.56 Å². The molecular formula is C23H25F6N7O4. The quantitative estimate of drug-likeness (QED) is 0.338. The van der Waals surface area contributed by atoms with Crippen LogP contribution >= 0.6 is 0 Å². The first kappa shape index (κ1) is 29.1. The average molecular weight is 577 g/mol. The van der Waals surface area contributed by atoms with Crippen molar-refractivity contribution in [3.8, 4) is 0 Å². The van der Waals surface area contributed by atoms with Crippen LogP contribution in [0.1, 0.15) is 30.9 Å². The van der Waals surface area contributed by atoms with Crippen molar-refractivity contribution < 1.29 is 40.7 Å². The summed E-state index contributed by atoms with van der Waals surface area (Å²) < 4.78 is 84.3. The second-order valence-electron chi connectivity index (χ2n) is 9.39. The number of fused-ring (bicyclic) bond motifs is 3. The van der Waals surface area contributed by atoms with Gasteiger partial charge >= 0.3 is 12.4 Å². The predicted molar refractivity (Wildman–Crippen MR) is 129 cm³/mol. The highest BCUT2D eigenvalue weighted by Gasteiger charge is 2.39. The van der Waals surface area contributed by atoms with E-state index in [1.54, 1.807) is 10.00 Å². The number of alkyl halides is 6. The molecule has 2 aliphatic heterocycles. The molecule has 11 nitrogen and oxygen atoms in total. The van der Waals surface area contributed by atoms with Gasteiger partial charge in [-0.15, -0.1) is 0 Å². The Balaban J connectivity index is 1.29. The number of halogens is 6. The van der Waals surface area contributed by atoms with E-state index in [9.17, 15) is 40.7 Å². The standard InChI is InChI=1S/C23H25F6N7O4/c1-12(32-16-9-31-34-21(39)19(16)23(27,28)29)11-40-5-2-18(38)35-3-4-36-14(10-35)7-17(37)33-15-6-13(22(24,25)26)8-30-20(15)36/h6,8-9,12,14H,2-5,7,10-11H2,1H3,(H,33,37)(H2,32,34,39)/t12-,14-/m0/s1. The molecule has 0 unspecified atom stereocenters. The largest absolute Gasteiger partial charge is 0.423 e. The number of hydrogen-bond acceptors (Lipinski definition) is 8. The van der Waals surface area contributed by atoms with E-state index in [1.807, 2.05) is 0 Å². The molecule has 2 aliphatic rings. The van der Waals surface area contributed by atoms with E-state index in [-0.39, 0.29) is 63.1 Å². The van der Waals surface area contributed by atoms with Gasteiger partial charge in [-0.1, -0.05) is 0 Å². The highest BCUT2D eigenvalue weighted by atomic mass is 19.4. The van der Waals surface area contributed by atoms with Crippen LogP contribution in [0.4, 0.5) is 43.5 Å². The van der Waals surface area contributed by atoms with Gasteiger partial charge in [0.05, 0.1) is 48.8 Å². The summed E-state index contributed by atoms with van der Waals surface area (Å²) >= 11 is 0. The lowest BCUT2D eigenvalue weighted by Crippen LogP contribution is -2.55. The maximum Gasteiger partial charge on any atom is 0.423 e.